The first kappa shape index (κ1) is 32.5. The molecule has 2 aliphatic heterocycles. The van der Waals surface area contributed by atoms with Crippen molar-refractivity contribution < 1.29 is 19.4 Å². The Labute approximate surface area is 290 Å². The molecule has 3 aromatic carbocycles. The first-order valence-corrected chi connectivity index (χ1v) is 16.7. The van der Waals surface area contributed by atoms with E-state index in [0.29, 0.717) is 64.4 Å². The highest BCUT2D eigenvalue weighted by molar-refractivity contribution is 6.31. The number of benzene rings is 3. The van der Waals surface area contributed by atoms with Crippen LogP contribution in [0, 0.1) is 6.92 Å². The number of aromatic nitrogens is 3. The highest BCUT2D eigenvalue weighted by Gasteiger charge is 2.34. The average Bonchev–Trinajstić information content (AvgIpc) is 3.42. The zero-order valence-electron chi connectivity index (χ0n) is 27.4. The van der Waals surface area contributed by atoms with Crippen LogP contribution in [-0.2, 0) is 24.8 Å². The van der Waals surface area contributed by atoms with Gasteiger partial charge < -0.3 is 19.3 Å². The van der Waals surface area contributed by atoms with Gasteiger partial charge in [0.1, 0.15) is 5.75 Å². The molecule has 0 aliphatic carbocycles. The van der Waals surface area contributed by atoms with Gasteiger partial charge in [0.05, 0.1) is 30.7 Å². The van der Waals surface area contributed by atoms with E-state index < -0.39 is 0 Å². The Kier molecular flexibility index (Phi) is 9.18. The molecule has 10 nitrogen and oxygen atoms in total. The second-order valence-electron chi connectivity index (χ2n) is 12.5. The zero-order chi connectivity index (χ0) is 34.1. The van der Waals surface area contributed by atoms with Crippen LogP contribution in [0.5, 0.6) is 5.75 Å². The molecule has 0 saturated carbocycles. The van der Waals surface area contributed by atoms with Gasteiger partial charge in [-0.3, -0.25) is 24.4 Å². The predicted octanol–water partition coefficient (Wildman–Crippen LogP) is 6.03. The maximum atomic E-state index is 14.7. The summed E-state index contributed by atoms with van der Waals surface area (Å²) in [4.78, 5) is 43.5. The average molecular weight is 677 g/mol. The summed E-state index contributed by atoms with van der Waals surface area (Å²) < 4.78 is 7.51. The Balaban J connectivity index is 1.27. The minimum Gasteiger partial charge on any atom is -0.508 e. The van der Waals surface area contributed by atoms with Crippen molar-refractivity contribution >= 4 is 34.9 Å². The molecule has 0 unspecified atom stereocenters. The molecule has 5 aromatic rings. The molecule has 49 heavy (non-hydrogen) atoms. The number of carbonyl (C=O) groups excluding carboxylic acids is 2. The first-order valence-electron chi connectivity index (χ1n) is 16.3. The van der Waals surface area contributed by atoms with Crippen LogP contribution in [0.2, 0.25) is 5.02 Å². The molecular weight excluding hydrogens is 640 g/mol. The largest absolute Gasteiger partial charge is 0.508 e. The van der Waals surface area contributed by atoms with E-state index in [4.69, 9.17) is 16.3 Å². The third-order valence-electron chi connectivity index (χ3n) is 9.53. The van der Waals surface area contributed by atoms with Crippen molar-refractivity contribution in [3.05, 3.63) is 124 Å². The van der Waals surface area contributed by atoms with Crippen LogP contribution in [0.3, 0.4) is 0 Å². The van der Waals surface area contributed by atoms with E-state index in [-0.39, 0.29) is 23.6 Å². The van der Waals surface area contributed by atoms with Crippen LogP contribution >= 0.6 is 11.6 Å². The minimum absolute atomic E-state index is 0.0258. The van der Waals surface area contributed by atoms with Gasteiger partial charge in [-0.05, 0) is 73.0 Å². The number of fused-ring (bicyclic) bond motifs is 1. The van der Waals surface area contributed by atoms with Crippen molar-refractivity contribution in [1.29, 1.82) is 0 Å². The standard InChI is InChI=1S/C38H37ClN6O4/c1-25-33(38(48)45(36-22-40-13-14-41-36)29-8-10-31(46)11-9-29)21-35(42(25)2)34-20-28(39)7-12-32(34)37(47)44-23-27-6-4-3-5-26(27)19-30(44)24-43-15-17-49-18-16-43/h3-14,20-22,30,46H,15-19,23-24H2,1-2H3/t30-/m0/s1. The number of anilines is 2. The highest BCUT2D eigenvalue weighted by Crippen LogP contribution is 2.35. The predicted molar refractivity (Wildman–Crippen MR) is 188 cm³/mol. The molecule has 7 rings (SSSR count). The number of rotatable bonds is 7. The molecule has 1 atom stereocenters. The summed E-state index contributed by atoms with van der Waals surface area (Å²) in [5, 5.41) is 10.4. The van der Waals surface area contributed by atoms with E-state index >= 15 is 0 Å². The van der Waals surface area contributed by atoms with E-state index in [1.54, 1.807) is 42.6 Å². The number of carbonyl (C=O) groups is 2. The van der Waals surface area contributed by atoms with Crippen LogP contribution in [0.25, 0.3) is 11.3 Å². The molecule has 11 heteroatoms. The number of phenolic OH excluding ortho intramolecular Hbond substituents is 1. The summed E-state index contributed by atoms with van der Waals surface area (Å²) in [6.07, 6.45) is 5.34. The van der Waals surface area contributed by atoms with E-state index in [2.05, 4.69) is 33.1 Å². The van der Waals surface area contributed by atoms with Crippen molar-refractivity contribution in [2.75, 3.05) is 37.7 Å². The summed E-state index contributed by atoms with van der Waals surface area (Å²) in [5.41, 5.74) is 5.88. The number of halogens is 1. The number of ether oxygens (including phenoxy) is 1. The van der Waals surface area contributed by atoms with Crippen LogP contribution in [0.1, 0.15) is 37.5 Å². The van der Waals surface area contributed by atoms with E-state index in [1.807, 2.05) is 29.5 Å². The number of nitrogens with zero attached hydrogens (tertiary/aromatic N) is 6. The number of phenols is 1. The minimum atomic E-state index is -0.335. The molecule has 1 saturated heterocycles. The number of hydrogen-bond donors (Lipinski definition) is 1. The molecule has 250 valence electrons. The van der Waals surface area contributed by atoms with E-state index in [0.717, 1.165) is 31.6 Å². The zero-order valence-corrected chi connectivity index (χ0v) is 28.2. The molecule has 2 aliphatic rings. The summed E-state index contributed by atoms with van der Waals surface area (Å²) in [7, 11) is 1.88. The molecule has 0 bridgehead atoms. The molecule has 0 spiro atoms. The molecule has 1 fully saturated rings. The highest BCUT2D eigenvalue weighted by atomic mass is 35.5. The quantitative estimate of drug-likeness (QED) is 0.225. The van der Waals surface area contributed by atoms with Crippen molar-refractivity contribution in [2.45, 2.75) is 25.9 Å². The second-order valence-corrected chi connectivity index (χ2v) is 12.9. The molecule has 0 radical (unpaired) electrons. The van der Waals surface area contributed by atoms with Gasteiger partial charge >= 0.3 is 0 Å². The van der Waals surface area contributed by atoms with Gasteiger partial charge in [-0.2, -0.15) is 0 Å². The Hall–Kier alpha value is -5.03. The van der Waals surface area contributed by atoms with E-state index in [9.17, 15) is 14.7 Å². The van der Waals surface area contributed by atoms with Gasteiger partial charge in [-0.15, -0.1) is 0 Å². The van der Waals surface area contributed by atoms with Gasteiger partial charge in [0, 0.05) is 79.2 Å². The topological polar surface area (TPSA) is 104 Å². The fourth-order valence-corrected chi connectivity index (χ4v) is 6.97. The Morgan fingerprint density at radius 2 is 1.73 bits per heavy atom. The van der Waals surface area contributed by atoms with Gasteiger partial charge in [-0.1, -0.05) is 35.9 Å². The smallest absolute Gasteiger partial charge is 0.265 e. The summed E-state index contributed by atoms with van der Waals surface area (Å²) in [6.45, 7) is 6.17. The number of hydrogen-bond acceptors (Lipinski definition) is 7. The van der Waals surface area contributed by atoms with Gasteiger partial charge in [0.25, 0.3) is 11.8 Å². The molecule has 2 amide bonds. The fourth-order valence-electron chi connectivity index (χ4n) is 6.80. The summed E-state index contributed by atoms with van der Waals surface area (Å²) in [5.74, 6) is -0.00981. The monoisotopic (exact) mass is 676 g/mol. The van der Waals surface area contributed by atoms with Crippen LogP contribution in [0.4, 0.5) is 11.5 Å². The van der Waals surface area contributed by atoms with Gasteiger partial charge in [-0.25, -0.2) is 4.98 Å². The van der Waals surface area contributed by atoms with Crippen LogP contribution in [0.15, 0.2) is 91.4 Å². The molecule has 2 aromatic heterocycles. The fraction of sp³-hybridized carbons (Fsp3) is 0.263. The molecule has 4 heterocycles. The maximum Gasteiger partial charge on any atom is 0.265 e. The van der Waals surface area contributed by atoms with Crippen molar-refractivity contribution in [2.24, 2.45) is 7.05 Å². The van der Waals surface area contributed by atoms with Crippen molar-refractivity contribution in [3.63, 3.8) is 0 Å². The lowest BCUT2D eigenvalue weighted by Gasteiger charge is -2.40. The Morgan fingerprint density at radius 3 is 2.47 bits per heavy atom. The third-order valence-corrected chi connectivity index (χ3v) is 9.77. The summed E-state index contributed by atoms with van der Waals surface area (Å²) >= 11 is 6.60. The first-order chi connectivity index (χ1) is 23.8. The molecular formula is C38H37ClN6O4. The van der Waals surface area contributed by atoms with E-state index in [1.165, 1.54) is 35.0 Å². The Bertz CT molecular complexity index is 1990. The second kappa shape index (κ2) is 13.8. The number of amides is 2. The lowest BCUT2D eigenvalue weighted by molar-refractivity contribution is 0.0193. The molecule has 1 N–H and O–H groups in total. The maximum absolute atomic E-state index is 14.7. The third kappa shape index (κ3) is 6.55. The number of morpholine rings is 1. The SMILES string of the molecule is Cc1c(C(=O)N(c2ccc(O)cc2)c2cnccn2)cc(-c2cc(Cl)ccc2C(=O)N2Cc3ccccc3C[C@H]2CN2CCOCC2)n1C. The van der Waals surface area contributed by atoms with Crippen LogP contribution < -0.4 is 4.90 Å². The number of aromatic hydroxyl groups is 1. The normalized spacial score (nSPS) is 16.3. The Morgan fingerprint density at radius 1 is 0.980 bits per heavy atom. The van der Waals surface area contributed by atoms with Crippen molar-refractivity contribution in [1.82, 2.24) is 24.3 Å². The lowest BCUT2D eigenvalue weighted by Crippen LogP contribution is -2.52. The van der Waals surface area contributed by atoms with Crippen molar-refractivity contribution in [3.8, 4) is 17.0 Å². The summed E-state index contributed by atoms with van der Waals surface area (Å²) in [6, 6.07) is 21.8. The van der Waals surface area contributed by atoms with Crippen LogP contribution in [-0.4, -0.2) is 80.1 Å². The lowest BCUT2D eigenvalue weighted by atomic mass is 9.92. The van der Waals surface area contributed by atoms with Gasteiger partial charge in [0.2, 0.25) is 0 Å². The van der Waals surface area contributed by atoms with Gasteiger partial charge in [0.15, 0.2) is 5.82 Å².